The normalized spacial score (nSPS) is 12.6. The minimum absolute atomic E-state index is 0.0528. The van der Waals surface area contributed by atoms with Crippen LogP contribution in [0.3, 0.4) is 0 Å². The van der Waals surface area contributed by atoms with Crippen molar-refractivity contribution in [3.8, 4) is 0 Å². The molecular weight excluding hydrogens is 286 g/mol. The molecule has 5 nitrogen and oxygen atoms in total. The van der Waals surface area contributed by atoms with Gasteiger partial charge in [0.15, 0.2) is 0 Å². The Labute approximate surface area is 128 Å². The van der Waals surface area contributed by atoms with Crippen LogP contribution in [0.15, 0.2) is 6.07 Å². The Bertz CT molecular complexity index is 666. The number of carbonyl (C=O) groups excluding carboxylic acids is 1. The number of nitrogens with one attached hydrogen (secondary N) is 1. The molecule has 0 aliphatic carbocycles. The van der Waals surface area contributed by atoms with Gasteiger partial charge in [-0.05, 0) is 33.8 Å². The average molecular weight is 307 g/mol. The number of aromatic nitrogens is 1. The van der Waals surface area contributed by atoms with E-state index >= 15 is 0 Å². The summed E-state index contributed by atoms with van der Waals surface area (Å²) in [6.45, 7) is 8.82. The zero-order chi connectivity index (χ0) is 15.6. The SMILES string of the molecule is CCOCC(C)NC(=O)c1sc2cc(C)nc(C)c2c1N. The van der Waals surface area contributed by atoms with Crippen LogP contribution in [0, 0.1) is 13.8 Å². The number of fused-ring (bicyclic) bond motifs is 1. The van der Waals surface area contributed by atoms with Crippen LogP contribution in [0.5, 0.6) is 0 Å². The summed E-state index contributed by atoms with van der Waals surface area (Å²) in [5.74, 6) is -0.155. The molecule has 2 aromatic heterocycles. The molecule has 0 aliphatic heterocycles. The first-order valence-electron chi connectivity index (χ1n) is 6.98. The average Bonchev–Trinajstić information content (AvgIpc) is 2.73. The molecule has 0 fully saturated rings. The molecule has 21 heavy (non-hydrogen) atoms. The summed E-state index contributed by atoms with van der Waals surface area (Å²) in [7, 11) is 0. The van der Waals surface area contributed by atoms with E-state index in [0.29, 0.717) is 23.8 Å². The molecule has 0 aliphatic rings. The number of aryl methyl sites for hydroxylation is 2. The van der Waals surface area contributed by atoms with E-state index in [1.807, 2.05) is 33.8 Å². The molecule has 6 heteroatoms. The monoisotopic (exact) mass is 307 g/mol. The second-order valence-electron chi connectivity index (χ2n) is 5.10. The number of rotatable bonds is 5. The largest absolute Gasteiger partial charge is 0.397 e. The fourth-order valence-corrected chi connectivity index (χ4v) is 3.45. The molecule has 2 heterocycles. The van der Waals surface area contributed by atoms with E-state index in [-0.39, 0.29) is 11.9 Å². The summed E-state index contributed by atoms with van der Waals surface area (Å²) in [4.78, 5) is 17.3. The van der Waals surface area contributed by atoms with Gasteiger partial charge in [0, 0.05) is 34.1 Å². The molecule has 0 saturated carbocycles. The van der Waals surface area contributed by atoms with E-state index < -0.39 is 0 Å². The molecule has 2 aromatic rings. The first-order valence-corrected chi connectivity index (χ1v) is 7.80. The highest BCUT2D eigenvalue weighted by Crippen LogP contribution is 2.35. The molecule has 0 saturated heterocycles. The third-order valence-electron chi connectivity index (χ3n) is 3.17. The third-order valence-corrected chi connectivity index (χ3v) is 4.33. The van der Waals surface area contributed by atoms with E-state index in [4.69, 9.17) is 10.5 Å². The van der Waals surface area contributed by atoms with Crippen molar-refractivity contribution >= 4 is 33.0 Å². The summed E-state index contributed by atoms with van der Waals surface area (Å²) in [6.07, 6.45) is 0. The fraction of sp³-hybridized carbons (Fsp3) is 0.467. The molecule has 0 radical (unpaired) electrons. The maximum absolute atomic E-state index is 12.3. The maximum atomic E-state index is 12.3. The number of anilines is 1. The standard InChI is InChI=1S/C15H21N3O2S/c1-5-20-7-9(3)18-15(19)14-13(16)12-10(4)17-8(2)6-11(12)21-14/h6,9H,5,7,16H2,1-4H3,(H,18,19). The molecular formula is C15H21N3O2S. The van der Waals surface area contributed by atoms with Gasteiger partial charge in [-0.15, -0.1) is 11.3 Å². The van der Waals surface area contributed by atoms with Crippen LogP contribution in [0.2, 0.25) is 0 Å². The van der Waals surface area contributed by atoms with Gasteiger partial charge in [0.1, 0.15) is 4.88 Å². The molecule has 1 atom stereocenters. The molecule has 0 aromatic carbocycles. The second-order valence-corrected chi connectivity index (χ2v) is 6.15. The fourth-order valence-electron chi connectivity index (χ4n) is 2.27. The van der Waals surface area contributed by atoms with E-state index in [9.17, 15) is 4.79 Å². The number of carbonyl (C=O) groups is 1. The molecule has 0 spiro atoms. The van der Waals surface area contributed by atoms with Crippen molar-refractivity contribution in [2.75, 3.05) is 18.9 Å². The number of ether oxygens (including phenoxy) is 1. The number of amides is 1. The van der Waals surface area contributed by atoms with Crippen molar-refractivity contribution in [3.05, 3.63) is 22.3 Å². The van der Waals surface area contributed by atoms with Gasteiger partial charge in [0.2, 0.25) is 0 Å². The Balaban J connectivity index is 2.28. The van der Waals surface area contributed by atoms with Crippen molar-refractivity contribution in [2.24, 2.45) is 0 Å². The van der Waals surface area contributed by atoms with Crippen LogP contribution in [0.25, 0.3) is 10.1 Å². The van der Waals surface area contributed by atoms with Crippen molar-refractivity contribution in [1.82, 2.24) is 10.3 Å². The lowest BCUT2D eigenvalue weighted by molar-refractivity contribution is 0.0876. The zero-order valence-corrected chi connectivity index (χ0v) is 13.6. The predicted molar refractivity (Wildman–Crippen MR) is 86.9 cm³/mol. The van der Waals surface area contributed by atoms with Gasteiger partial charge in [-0.25, -0.2) is 0 Å². The van der Waals surface area contributed by atoms with Crippen LogP contribution in [-0.2, 0) is 4.74 Å². The minimum Gasteiger partial charge on any atom is -0.397 e. The predicted octanol–water partition coefficient (Wildman–Crippen LogP) is 2.65. The number of nitrogens with zero attached hydrogens (tertiary/aromatic N) is 1. The summed E-state index contributed by atoms with van der Waals surface area (Å²) < 4.78 is 6.30. The maximum Gasteiger partial charge on any atom is 0.263 e. The van der Waals surface area contributed by atoms with Crippen molar-refractivity contribution in [1.29, 1.82) is 0 Å². The Morgan fingerprint density at radius 1 is 1.52 bits per heavy atom. The van der Waals surface area contributed by atoms with E-state index in [2.05, 4.69) is 10.3 Å². The van der Waals surface area contributed by atoms with Crippen LogP contribution in [0.1, 0.15) is 34.9 Å². The third kappa shape index (κ3) is 3.33. The van der Waals surface area contributed by atoms with Gasteiger partial charge in [-0.2, -0.15) is 0 Å². The highest BCUT2D eigenvalue weighted by molar-refractivity contribution is 7.21. The number of hydrogen-bond acceptors (Lipinski definition) is 5. The summed E-state index contributed by atoms with van der Waals surface area (Å²) in [6, 6.07) is 1.91. The lowest BCUT2D eigenvalue weighted by atomic mass is 10.2. The smallest absolute Gasteiger partial charge is 0.263 e. The lowest BCUT2D eigenvalue weighted by Gasteiger charge is -2.13. The number of hydrogen-bond donors (Lipinski definition) is 2. The summed E-state index contributed by atoms with van der Waals surface area (Å²) in [5.41, 5.74) is 8.45. The summed E-state index contributed by atoms with van der Waals surface area (Å²) >= 11 is 1.41. The Morgan fingerprint density at radius 2 is 2.24 bits per heavy atom. The molecule has 1 amide bonds. The minimum atomic E-state index is -0.155. The Morgan fingerprint density at radius 3 is 2.90 bits per heavy atom. The van der Waals surface area contributed by atoms with Gasteiger partial charge in [-0.1, -0.05) is 0 Å². The highest BCUT2D eigenvalue weighted by atomic mass is 32.1. The number of thiophene rings is 1. The Hall–Kier alpha value is -1.66. The zero-order valence-electron chi connectivity index (χ0n) is 12.8. The molecule has 1 unspecified atom stereocenters. The second kappa shape index (κ2) is 6.41. The van der Waals surface area contributed by atoms with Gasteiger partial charge in [-0.3, -0.25) is 9.78 Å². The van der Waals surface area contributed by atoms with Crippen LogP contribution >= 0.6 is 11.3 Å². The number of pyridine rings is 1. The van der Waals surface area contributed by atoms with E-state index in [0.717, 1.165) is 21.5 Å². The topological polar surface area (TPSA) is 77.2 Å². The van der Waals surface area contributed by atoms with Gasteiger partial charge < -0.3 is 15.8 Å². The number of nitrogens with two attached hydrogens (primary N) is 1. The van der Waals surface area contributed by atoms with Crippen molar-refractivity contribution in [2.45, 2.75) is 33.7 Å². The van der Waals surface area contributed by atoms with Gasteiger partial charge >= 0.3 is 0 Å². The first-order chi connectivity index (χ1) is 9.93. The highest BCUT2D eigenvalue weighted by Gasteiger charge is 2.19. The van der Waals surface area contributed by atoms with Gasteiger partial charge in [0.25, 0.3) is 5.91 Å². The van der Waals surface area contributed by atoms with Gasteiger partial charge in [0.05, 0.1) is 12.3 Å². The first kappa shape index (κ1) is 15.7. The van der Waals surface area contributed by atoms with Crippen molar-refractivity contribution < 1.29 is 9.53 Å². The molecule has 114 valence electrons. The molecule has 2 rings (SSSR count). The van der Waals surface area contributed by atoms with E-state index in [1.165, 1.54) is 11.3 Å². The van der Waals surface area contributed by atoms with Crippen molar-refractivity contribution in [3.63, 3.8) is 0 Å². The lowest BCUT2D eigenvalue weighted by Crippen LogP contribution is -2.35. The molecule has 3 N–H and O–H groups in total. The summed E-state index contributed by atoms with van der Waals surface area (Å²) in [5, 5.41) is 3.80. The number of nitrogen functional groups attached to an aromatic ring is 1. The van der Waals surface area contributed by atoms with Crippen LogP contribution in [-0.4, -0.2) is 30.1 Å². The van der Waals surface area contributed by atoms with E-state index in [1.54, 1.807) is 0 Å². The van der Waals surface area contributed by atoms with Crippen LogP contribution < -0.4 is 11.1 Å². The Kier molecular flexibility index (Phi) is 4.80. The molecule has 0 bridgehead atoms. The quantitative estimate of drug-likeness (QED) is 0.890. The van der Waals surface area contributed by atoms with Crippen LogP contribution in [0.4, 0.5) is 5.69 Å².